The number of rotatable bonds is 3. The molecular formula is C15H14ClN3O. The quantitative estimate of drug-likeness (QED) is 0.814. The van der Waals surface area contributed by atoms with Gasteiger partial charge in [-0.15, -0.1) is 0 Å². The van der Waals surface area contributed by atoms with Crippen LogP contribution in [0.25, 0.3) is 10.9 Å². The largest absolute Gasteiger partial charge is 0.338 e. The zero-order chi connectivity index (χ0) is 14.7. The molecule has 2 aromatic rings. The molecule has 102 valence electrons. The lowest BCUT2D eigenvalue weighted by molar-refractivity contribution is 0.0748. The SMILES string of the molecule is CC(CC#N)N(C)C(=O)c1cc(Cl)nc2ccccc12. The first kappa shape index (κ1) is 14.3. The van der Waals surface area contributed by atoms with Gasteiger partial charge in [0.1, 0.15) is 5.15 Å². The number of nitrogens with zero attached hydrogens (tertiary/aromatic N) is 3. The van der Waals surface area contributed by atoms with Crippen LogP contribution in [0.1, 0.15) is 23.7 Å². The summed E-state index contributed by atoms with van der Waals surface area (Å²) < 4.78 is 0. The van der Waals surface area contributed by atoms with Crippen molar-refractivity contribution in [1.29, 1.82) is 5.26 Å². The van der Waals surface area contributed by atoms with Crippen molar-refractivity contribution in [3.8, 4) is 6.07 Å². The summed E-state index contributed by atoms with van der Waals surface area (Å²) in [4.78, 5) is 18.3. The van der Waals surface area contributed by atoms with Crippen LogP contribution in [0.15, 0.2) is 30.3 Å². The van der Waals surface area contributed by atoms with Crippen LogP contribution in [0.2, 0.25) is 5.15 Å². The highest BCUT2D eigenvalue weighted by molar-refractivity contribution is 6.30. The average molecular weight is 288 g/mol. The molecule has 0 saturated carbocycles. The molecule has 0 bridgehead atoms. The Balaban J connectivity index is 2.47. The number of hydrogen-bond acceptors (Lipinski definition) is 3. The number of nitriles is 1. The fourth-order valence-corrected chi connectivity index (χ4v) is 2.18. The predicted molar refractivity (Wildman–Crippen MR) is 78.5 cm³/mol. The van der Waals surface area contributed by atoms with E-state index in [1.54, 1.807) is 18.0 Å². The van der Waals surface area contributed by atoms with Gasteiger partial charge in [-0.2, -0.15) is 5.26 Å². The molecule has 0 aliphatic carbocycles. The summed E-state index contributed by atoms with van der Waals surface area (Å²) >= 11 is 5.98. The number of fused-ring (bicyclic) bond motifs is 1. The number of halogens is 1. The van der Waals surface area contributed by atoms with Crippen LogP contribution in [0.4, 0.5) is 0 Å². The van der Waals surface area contributed by atoms with E-state index in [4.69, 9.17) is 16.9 Å². The zero-order valence-corrected chi connectivity index (χ0v) is 12.1. The first-order chi connectivity index (χ1) is 9.54. The fourth-order valence-electron chi connectivity index (χ4n) is 1.98. The van der Waals surface area contributed by atoms with E-state index in [1.165, 1.54) is 0 Å². The van der Waals surface area contributed by atoms with Crippen LogP contribution < -0.4 is 0 Å². The minimum atomic E-state index is -0.159. The Labute approximate surface area is 122 Å². The first-order valence-corrected chi connectivity index (χ1v) is 6.61. The van der Waals surface area contributed by atoms with Crippen LogP contribution >= 0.6 is 11.6 Å². The molecule has 0 N–H and O–H groups in total. The number of aromatic nitrogens is 1. The van der Waals surface area contributed by atoms with Gasteiger partial charge in [0, 0.05) is 18.5 Å². The number of amides is 1. The van der Waals surface area contributed by atoms with E-state index < -0.39 is 0 Å². The van der Waals surface area contributed by atoms with Crippen molar-refractivity contribution in [1.82, 2.24) is 9.88 Å². The molecule has 4 nitrogen and oxygen atoms in total. The normalized spacial score (nSPS) is 11.9. The molecule has 1 aromatic heterocycles. The summed E-state index contributed by atoms with van der Waals surface area (Å²) in [5, 5.41) is 9.78. The lowest BCUT2D eigenvalue weighted by Gasteiger charge is -2.23. The van der Waals surface area contributed by atoms with Crippen LogP contribution in [-0.4, -0.2) is 28.9 Å². The molecule has 0 saturated heterocycles. The molecule has 0 radical (unpaired) electrons. The van der Waals surface area contributed by atoms with Crippen molar-refractivity contribution >= 4 is 28.4 Å². The van der Waals surface area contributed by atoms with Crippen molar-refractivity contribution < 1.29 is 4.79 Å². The summed E-state index contributed by atoms with van der Waals surface area (Å²) in [7, 11) is 1.69. The maximum atomic E-state index is 12.6. The molecule has 1 heterocycles. The molecule has 1 atom stereocenters. The third kappa shape index (κ3) is 2.73. The summed E-state index contributed by atoms with van der Waals surface area (Å²) in [5.41, 5.74) is 1.19. The second kappa shape index (κ2) is 5.89. The lowest BCUT2D eigenvalue weighted by Crippen LogP contribution is -2.35. The van der Waals surface area contributed by atoms with E-state index >= 15 is 0 Å². The zero-order valence-electron chi connectivity index (χ0n) is 11.3. The number of pyridine rings is 1. The molecule has 2 rings (SSSR count). The van der Waals surface area contributed by atoms with Gasteiger partial charge in [0.2, 0.25) is 0 Å². The Morgan fingerprint density at radius 2 is 2.20 bits per heavy atom. The van der Waals surface area contributed by atoms with Crippen LogP contribution in [0, 0.1) is 11.3 Å². The molecule has 20 heavy (non-hydrogen) atoms. The van der Waals surface area contributed by atoms with Crippen molar-refractivity contribution in [2.24, 2.45) is 0 Å². The molecule has 1 unspecified atom stereocenters. The second-order valence-corrected chi connectivity index (χ2v) is 5.02. The maximum absolute atomic E-state index is 12.6. The molecule has 0 aliphatic rings. The lowest BCUT2D eigenvalue weighted by atomic mass is 10.1. The third-order valence-electron chi connectivity index (χ3n) is 3.28. The molecule has 0 aliphatic heterocycles. The fraction of sp³-hybridized carbons (Fsp3) is 0.267. The Morgan fingerprint density at radius 3 is 2.90 bits per heavy atom. The van der Waals surface area contributed by atoms with Gasteiger partial charge in [0.05, 0.1) is 23.6 Å². The van der Waals surface area contributed by atoms with Crippen molar-refractivity contribution in [3.05, 3.63) is 41.0 Å². The van der Waals surface area contributed by atoms with Gasteiger partial charge in [-0.05, 0) is 19.1 Å². The molecule has 1 amide bonds. The summed E-state index contributed by atoms with van der Waals surface area (Å²) in [6.07, 6.45) is 0.291. The van der Waals surface area contributed by atoms with Gasteiger partial charge in [-0.1, -0.05) is 29.8 Å². The van der Waals surface area contributed by atoms with Crippen molar-refractivity contribution in [2.45, 2.75) is 19.4 Å². The summed E-state index contributed by atoms with van der Waals surface area (Å²) in [6, 6.07) is 10.8. The van der Waals surface area contributed by atoms with E-state index in [1.807, 2.05) is 31.2 Å². The minimum absolute atomic E-state index is 0.154. The van der Waals surface area contributed by atoms with E-state index in [-0.39, 0.29) is 17.1 Å². The van der Waals surface area contributed by atoms with Crippen LogP contribution in [-0.2, 0) is 0 Å². The molecule has 0 fully saturated rings. The number of carbonyl (C=O) groups excluding carboxylic acids is 1. The molecule has 0 spiro atoms. The van der Waals surface area contributed by atoms with Gasteiger partial charge in [-0.3, -0.25) is 4.79 Å². The Morgan fingerprint density at radius 1 is 1.50 bits per heavy atom. The highest BCUT2D eigenvalue weighted by atomic mass is 35.5. The number of hydrogen-bond donors (Lipinski definition) is 0. The average Bonchev–Trinajstić information content (AvgIpc) is 2.45. The van der Waals surface area contributed by atoms with Crippen LogP contribution in [0.3, 0.4) is 0 Å². The summed E-state index contributed by atoms with van der Waals surface area (Å²) in [6.45, 7) is 1.84. The monoisotopic (exact) mass is 287 g/mol. The number of carbonyl (C=O) groups is 1. The number of para-hydroxylation sites is 1. The Bertz CT molecular complexity index is 693. The first-order valence-electron chi connectivity index (χ1n) is 6.24. The molecule has 1 aromatic carbocycles. The van der Waals surface area contributed by atoms with Gasteiger partial charge < -0.3 is 4.90 Å². The smallest absolute Gasteiger partial charge is 0.254 e. The highest BCUT2D eigenvalue weighted by Gasteiger charge is 2.20. The third-order valence-corrected chi connectivity index (χ3v) is 3.48. The molecular weight excluding hydrogens is 274 g/mol. The number of benzene rings is 1. The molecule has 5 heteroatoms. The van der Waals surface area contributed by atoms with E-state index in [9.17, 15) is 4.79 Å². The van der Waals surface area contributed by atoms with Gasteiger partial charge in [-0.25, -0.2) is 4.98 Å². The predicted octanol–water partition coefficient (Wildman–Crippen LogP) is 3.26. The standard InChI is InChI=1S/C15H14ClN3O/c1-10(7-8-17)19(2)15(20)12-9-14(16)18-13-6-4-3-5-11(12)13/h3-6,9-10H,7H2,1-2H3. The van der Waals surface area contributed by atoms with E-state index in [0.29, 0.717) is 17.5 Å². The van der Waals surface area contributed by atoms with Gasteiger partial charge in [0.25, 0.3) is 5.91 Å². The van der Waals surface area contributed by atoms with E-state index in [2.05, 4.69) is 11.1 Å². The highest BCUT2D eigenvalue weighted by Crippen LogP contribution is 2.22. The minimum Gasteiger partial charge on any atom is -0.338 e. The van der Waals surface area contributed by atoms with Gasteiger partial charge in [0.15, 0.2) is 0 Å². The topological polar surface area (TPSA) is 57.0 Å². The van der Waals surface area contributed by atoms with Gasteiger partial charge >= 0.3 is 0 Å². The van der Waals surface area contributed by atoms with E-state index in [0.717, 1.165) is 5.39 Å². The second-order valence-electron chi connectivity index (χ2n) is 4.64. The van der Waals surface area contributed by atoms with Crippen LogP contribution in [0.5, 0.6) is 0 Å². The van der Waals surface area contributed by atoms with Crippen molar-refractivity contribution in [2.75, 3.05) is 7.05 Å². The Kier molecular flexibility index (Phi) is 4.21. The Hall–Kier alpha value is -2.12. The van der Waals surface area contributed by atoms with Crippen molar-refractivity contribution in [3.63, 3.8) is 0 Å². The summed E-state index contributed by atoms with van der Waals surface area (Å²) in [5.74, 6) is -0.159. The maximum Gasteiger partial charge on any atom is 0.254 e.